The Morgan fingerprint density at radius 1 is 1.35 bits per heavy atom. The quantitative estimate of drug-likeness (QED) is 0.785. The van der Waals surface area contributed by atoms with Crippen LogP contribution in [0.2, 0.25) is 0 Å². The van der Waals surface area contributed by atoms with E-state index in [9.17, 15) is 8.42 Å². The van der Waals surface area contributed by atoms with E-state index < -0.39 is 9.84 Å². The third-order valence-electron chi connectivity index (χ3n) is 4.33. The minimum absolute atomic E-state index is 0.123. The monoisotopic (exact) mass is 391 g/mol. The molecule has 0 unspecified atom stereocenters. The van der Waals surface area contributed by atoms with Gasteiger partial charge in [0, 0.05) is 30.7 Å². The maximum atomic E-state index is 11.9. The molecule has 2 heterocycles. The van der Waals surface area contributed by atoms with Crippen LogP contribution in [0.3, 0.4) is 0 Å². The molecule has 26 heavy (non-hydrogen) atoms. The number of nitrogens with one attached hydrogen (secondary N) is 1. The highest BCUT2D eigenvalue weighted by molar-refractivity contribution is 7.91. The van der Waals surface area contributed by atoms with E-state index in [4.69, 9.17) is 17.0 Å². The topological polar surface area (TPSA) is 71.5 Å². The number of aromatic nitrogens is 1. The van der Waals surface area contributed by atoms with Crippen molar-refractivity contribution in [1.82, 2.24) is 9.88 Å². The number of anilines is 1. The molecule has 1 fully saturated rings. The van der Waals surface area contributed by atoms with E-state index >= 15 is 0 Å². The van der Waals surface area contributed by atoms with Crippen LogP contribution >= 0.6 is 12.2 Å². The van der Waals surface area contributed by atoms with Gasteiger partial charge in [-0.25, -0.2) is 8.42 Å². The van der Waals surface area contributed by atoms with Gasteiger partial charge in [-0.05, 0) is 54.5 Å². The summed E-state index contributed by atoms with van der Waals surface area (Å²) in [5, 5.41) is 3.71. The van der Waals surface area contributed by atoms with E-state index in [0.717, 1.165) is 17.0 Å². The Bertz CT molecular complexity index is 855. The fourth-order valence-electron chi connectivity index (χ4n) is 2.95. The van der Waals surface area contributed by atoms with Gasteiger partial charge in [-0.15, -0.1) is 0 Å². The van der Waals surface area contributed by atoms with Crippen LogP contribution in [0.15, 0.2) is 48.8 Å². The van der Waals surface area contributed by atoms with Crippen LogP contribution in [0.1, 0.15) is 12.0 Å². The Morgan fingerprint density at radius 3 is 2.69 bits per heavy atom. The molecule has 1 aromatic carbocycles. The number of pyridine rings is 1. The van der Waals surface area contributed by atoms with Crippen LogP contribution in [0.4, 0.5) is 5.69 Å². The van der Waals surface area contributed by atoms with Crippen LogP contribution in [0.5, 0.6) is 5.75 Å². The second-order valence-corrected chi connectivity index (χ2v) is 8.82. The molecule has 1 N–H and O–H groups in total. The van der Waals surface area contributed by atoms with Gasteiger partial charge in [-0.3, -0.25) is 4.98 Å². The van der Waals surface area contributed by atoms with Crippen molar-refractivity contribution in [3.05, 3.63) is 54.4 Å². The van der Waals surface area contributed by atoms with Crippen molar-refractivity contribution in [3.8, 4) is 5.75 Å². The number of benzene rings is 1. The molecule has 3 rings (SSSR count). The maximum absolute atomic E-state index is 11.9. The predicted octanol–water partition coefficient (Wildman–Crippen LogP) is 2.48. The Kier molecular flexibility index (Phi) is 5.73. The Hall–Kier alpha value is -2.19. The molecule has 0 radical (unpaired) electrons. The molecule has 1 atom stereocenters. The molecular formula is C18H21N3O3S2. The van der Waals surface area contributed by atoms with Gasteiger partial charge in [0.1, 0.15) is 5.75 Å². The number of hydrogen-bond acceptors (Lipinski definition) is 5. The first kappa shape index (κ1) is 18.6. The van der Waals surface area contributed by atoms with E-state index in [1.54, 1.807) is 19.5 Å². The second kappa shape index (κ2) is 8.01. The molecule has 2 aromatic rings. The largest absolute Gasteiger partial charge is 0.497 e. The summed E-state index contributed by atoms with van der Waals surface area (Å²) in [7, 11) is -1.40. The van der Waals surface area contributed by atoms with Crippen molar-refractivity contribution in [2.24, 2.45) is 0 Å². The van der Waals surface area contributed by atoms with Gasteiger partial charge >= 0.3 is 0 Å². The predicted molar refractivity (Wildman–Crippen MR) is 106 cm³/mol. The first-order valence-electron chi connectivity index (χ1n) is 8.28. The Balaban J connectivity index is 1.78. The lowest BCUT2D eigenvalue weighted by atomic mass is 10.2. The lowest BCUT2D eigenvalue weighted by molar-refractivity contribution is 0.332. The molecule has 6 nitrogen and oxygen atoms in total. The number of nitrogens with zero attached hydrogens (tertiary/aromatic N) is 2. The number of methoxy groups -OCH3 is 1. The molecule has 0 bridgehead atoms. The van der Waals surface area contributed by atoms with E-state index in [1.807, 2.05) is 41.3 Å². The van der Waals surface area contributed by atoms with E-state index in [0.29, 0.717) is 18.1 Å². The minimum atomic E-state index is -3.01. The van der Waals surface area contributed by atoms with Crippen molar-refractivity contribution in [2.75, 3.05) is 23.9 Å². The zero-order valence-electron chi connectivity index (χ0n) is 14.5. The molecule has 1 saturated heterocycles. The zero-order valence-corrected chi connectivity index (χ0v) is 16.1. The minimum Gasteiger partial charge on any atom is -0.497 e. The average molecular weight is 392 g/mol. The molecule has 8 heteroatoms. The van der Waals surface area contributed by atoms with Crippen molar-refractivity contribution in [1.29, 1.82) is 0 Å². The van der Waals surface area contributed by atoms with Crippen LogP contribution < -0.4 is 10.1 Å². The first-order chi connectivity index (χ1) is 12.5. The molecule has 1 aliphatic heterocycles. The van der Waals surface area contributed by atoms with Gasteiger partial charge < -0.3 is 15.0 Å². The summed E-state index contributed by atoms with van der Waals surface area (Å²) in [6.07, 6.45) is 4.06. The fraction of sp³-hybridized carbons (Fsp3) is 0.333. The van der Waals surface area contributed by atoms with Gasteiger partial charge in [-0.2, -0.15) is 0 Å². The van der Waals surface area contributed by atoms with Gasteiger partial charge in [0.2, 0.25) is 0 Å². The zero-order chi connectivity index (χ0) is 18.6. The van der Waals surface area contributed by atoms with E-state index in [-0.39, 0.29) is 17.5 Å². The molecule has 0 aliphatic carbocycles. The third kappa shape index (κ3) is 4.70. The van der Waals surface area contributed by atoms with Crippen LogP contribution in [0.25, 0.3) is 0 Å². The van der Waals surface area contributed by atoms with Crippen LogP contribution in [-0.2, 0) is 16.4 Å². The van der Waals surface area contributed by atoms with Gasteiger partial charge in [0.15, 0.2) is 14.9 Å². The number of hydrogen-bond donors (Lipinski definition) is 1. The summed E-state index contributed by atoms with van der Waals surface area (Å²) in [4.78, 5) is 6.08. The van der Waals surface area contributed by atoms with Gasteiger partial charge in [-0.1, -0.05) is 6.07 Å². The molecule has 1 aliphatic rings. The van der Waals surface area contributed by atoms with Crippen LogP contribution in [0, 0.1) is 0 Å². The molecular weight excluding hydrogens is 370 g/mol. The Labute approximate surface area is 159 Å². The molecule has 138 valence electrons. The molecule has 0 amide bonds. The maximum Gasteiger partial charge on any atom is 0.174 e. The summed E-state index contributed by atoms with van der Waals surface area (Å²) in [5.74, 6) is 1.08. The number of thiocarbonyl (C=S) groups is 1. The summed E-state index contributed by atoms with van der Waals surface area (Å²) < 4.78 is 29.0. The summed E-state index contributed by atoms with van der Waals surface area (Å²) in [6.45, 7) is 0.510. The molecule has 0 spiro atoms. The van der Waals surface area contributed by atoms with Gasteiger partial charge in [0.05, 0.1) is 18.6 Å². The fourth-order valence-corrected chi connectivity index (χ4v) is 5.01. The van der Waals surface area contributed by atoms with Crippen molar-refractivity contribution in [2.45, 2.75) is 19.0 Å². The van der Waals surface area contributed by atoms with Gasteiger partial charge in [0.25, 0.3) is 0 Å². The lowest BCUT2D eigenvalue weighted by Crippen LogP contribution is -2.43. The summed E-state index contributed by atoms with van der Waals surface area (Å²) in [6, 6.07) is 11.1. The smallest absolute Gasteiger partial charge is 0.174 e. The second-order valence-electron chi connectivity index (χ2n) is 6.20. The highest BCUT2D eigenvalue weighted by atomic mass is 32.2. The third-order valence-corrected chi connectivity index (χ3v) is 6.41. The molecule has 1 aromatic heterocycles. The number of ether oxygens (including phenoxy) is 1. The average Bonchev–Trinajstić information content (AvgIpc) is 3.00. The van der Waals surface area contributed by atoms with E-state index in [2.05, 4.69) is 10.3 Å². The van der Waals surface area contributed by atoms with Crippen molar-refractivity contribution in [3.63, 3.8) is 0 Å². The lowest BCUT2D eigenvalue weighted by Gasteiger charge is -2.31. The van der Waals surface area contributed by atoms with Crippen molar-refractivity contribution < 1.29 is 13.2 Å². The SMILES string of the molecule is COc1ccc(NC(=S)N(Cc2cccnc2)[C@@H]2CCS(=O)(=O)C2)cc1. The van der Waals surface area contributed by atoms with E-state index in [1.165, 1.54) is 0 Å². The normalized spacial score (nSPS) is 18.3. The Morgan fingerprint density at radius 2 is 2.12 bits per heavy atom. The van der Waals surface area contributed by atoms with Crippen molar-refractivity contribution >= 4 is 32.9 Å². The standard InChI is InChI=1S/C18H21N3O3S2/c1-24-17-6-4-15(5-7-17)20-18(25)21(12-14-3-2-9-19-11-14)16-8-10-26(22,23)13-16/h2-7,9,11,16H,8,10,12-13H2,1H3,(H,20,25)/t16-/m1/s1. The summed E-state index contributed by atoms with van der Waals surface area (Å²) in [5.41, 5.74) is 1.81. The van der Waals surface area contributed by atoms with Crippen LogP contribution in [-0.4, -0.2) is 48.1 Å². The summed E-state index contributed by atoms with van der Waals surface area (Å²) >= 11 is 5.60. The molecule has 0 saturated carbocycles. The number of sulfone groups is 1. The first-order valence-corrected chi connectivity index (χ1v) is 10.5. The number of rotatable bonds is 5. The highest BCUT2D eigenvalue weighted by Gasteiger charge is 2.33. The highest BCUT2D eigenvalue weighted by Crippen LogP contribution is 2.22.